The summed E-state index contributed by atoms with van der Waals surface area (Å²) >= 11 is 0.940. The van der Waals surface area contributed by atoms with Gasteiger partial charge in [0.2, 0.25) is 5.16 Å². The Morgan fingerprint density at radius 3 is 2.60 bits per heavy atom. The fraction of sp³-hybridized carbons (Fsp3) is 0.833. The van der Waals surface area contributed by atoms with Crippen LogP contribution in [0.1, 0.15) is 0 Å². The summed E-state index contributed by atoms with van der Waals surface area (Å²) in [5.74, 6) is -1.70. The van der Waals surface area contributed by atoms with Gasteiger partial charge in [0.25, 0.3) is 0 Å². The number of aryl methyl sites for hydroxylation is 1. The predicted molar refractivity (Wildman–Crippen MR) is 48.1 cm³/mol. The van der Waals surface area contributed by atoms with E-state index in [1.807, 2.05) is 0 Å². The molecule has 9 heteroatoms. The normalized spacial score (nSPS) is 14.2. The average Bonchev–Trinajstić information content (AvgIpc) is 2.50. The molecule has 0 saturated heterocycles. The summed E-state index contributed by atoms with van der Waals surface area (Å²) < 4.78 is 38.2. The van der Waals surface area contributed by atoms with E-state index < -0.39 is 18.6 Å². The second kappa shape index (κ2) is 4.79. The molecule has 0 bridgehead atoms. The minimum Gasteiger partial charge on any atom is -0.330 e. The monoisotopic (exact) mass is 241 g/mol. The van der Waals surface area contributed by atoms with Gasteiger partial charge in [-0.2, -0.15) is 13.2 Å². The maximum atomic E-state index is 12.3. The highest BCUT2D eigenvalue weighted by atomic mass is 32.2. The topological polar surface area (TPSA) is 69.6 Å². The summed E-state index contributed by atoms with van der Waals surface area (Å²) in [5.41, 5.74) is 5.04. The molecule has 0 saturated carbocycles. The first kappa shape index (κ1) is 12.2. The molecule has 0 aliphatic carbocycles. The molecular formula is C6H10F3N5S. The van der Waals surface area contributed by atoms with Crippen molar-refractivity contribution in [2.75, 3.05) is 12.3 Å². The van der Waals surface area contributed by atoms with Crippen LogP contribution in [-0.2, 0) is 7.05 Å². The van der Waals surface area contributed by atoms with Crippen LogP contribution in [0.2, 0.25) is 0 Å². The molecule has 0 radical (unpaired) electrons. The molecule has 86 valence electrons. The quantitative estimate of drug-likeness (QED) is 0.774. The summed E-state index contributed by atoms with van der Waals surface area (Å²) in [4.78, 5) is 0. The highest BCUT2D eigenvalue weighted by Crippen LogP contribution is 2.29. The molecule has 2 N–H and O–H groups in total. The molecule has 1 atom stereocenters. The molecule has 0 fully saturated rings. The molecule has 1 unspecified atom stereocenters. The van der Waals surface area contributed by atoms with Crippen LogP contribution in [0.5, 0.6) is 0 Å². The zero-order valence-electron chi connectivity index (χ0n) is 7.90. The fourth-order valence-electron chi connectivity index (χ4n) is 0.815. The van der Waals surface area contributed by atoms with Crippen LogP contribution >= 0.6 is 11.8 Å². The van der Waals surface area contributed by atoms with E-state index in [0.29, 0.717) is 5.16 Å². The molecule has 0 amide bonds. The minimum atomic E-state index is -4.27. The Morgan fingerprint density at radius 2 is 2.20 bits per heavy atom. The third-order valence-electron chi connectivity index (χ3n) is 1.74. The van der Waals surface area contributed by atoms with Gasteiger partial charge in [-0.15, -0.1) is 5.10 Å². The molecule has 1 heterocycles. The Hall–Kier alpha value is -0.830. The Morgan fingerprint density at radius 1 is 1.53 bits per heavy atom. The first-order valence-corrected chi connectivity index (χ1v) is 5.05. The molecular weight excluding hydrogens is 231 g/mol. The van der Waals surface area contributed by atoms with Crippen molar-refractivity contribution in [2.24, 2.45) is 18.7 Å². The Balaban J connectivity index is 2.52. The number of thioether (sulfide) groups is 1. The van der Waals surface area contributed by atoms with Crippen LogP contribution in [-0.4, -0.2) is 38.7 Å². The average molecular weight is 241 g/mol. The first-order chi connectivity index (χ1) is 6.95. The summed E-state index contributed by atoms with van der Waals surface area (Å²) in [6.07, 6.45) is -4.27. The number of tetrazole rings is 1. The number of nitrogens with two attached hydrogens (primary N) is 1. The summed E-state index contributed by atoms with van der Waals surface area (Å²) in [6.45, 7) is -0.429. The molecule has 0 aliphatic rings. The maximum absolute atomic E-state index is 12.3. The van der Waals surface area contributed by atoms with Gasteiger partial charge in [0, 0.05) is 19.3 Å². The summed E-state index contributed by atoms with van der Waals surface area (Å²) in [5, 5.41) is 10.7. The highest BCUT2D eigenvalue weighted by Gasteiger charge is 2.38. The van der Waals surface area contributed by atoms with Gasteiger partial charge >= 0.3 is 6.18 Å². The van der Waals surface area contributed by atoms with Crippen LogP contribution in [0.3, 0.4) is 0 Å². The van der Waals surface area contributed by atoms with Gasteiger partial charge < -0.3 is 5.73 Å². The SMILES string of the molecule is Cn1nnnc1SCC(CN)C(F)(F)F. The third kappa shape index (κ3) is 3.34. The molecule has 0 aromatic carbocycles. The number of nitrogens with zero attached hydrogens (tertiary/aromatic N) is 4. The van der Waals surface area contributed by atoms with Crippen molar-refractivity contribution in [3.05, 3.63) is 0 Å². The smallest absolute Gasteiger partial charge is 0.330 e. The lowest BCUT2D eigenvalue weighted by Crippen LogP contribution is -2.32. The molecule has 1 aromatic rings. The van der Waals surface area contributed by atoms with E-state index >= 15 is 0 Å². The Bertz CT molecular complexity index is 312. The van der Waals surface area contributed by atoms with Crippen molar-refractivity contribution in [2.45, 2.75) is 11.3 Å². The van der Waals surface area contributed by atoms with E-state index in [1.54, 1.807) is 7.05 Å². The first-order valence-electron chi connectivity index (χ1n) is 4.07. The molecule has 1 rings (SSSR count). The lowest BCUT2D eigenvalue weighted by atomic mass is 10.2. The standard InChI is InChI=1S/C6H10F3N5S/c1-14-5(11-12-13-14)15-3-4(2-10)6(7,8)9/h4H,2-3,10H2,1H3. The van der Waals surface area contributed by atoms with Gasteiger partial charge in [-0.25, -0.2) is 4.68 Å². The minimum absolute atomic E-state index is 0.172. The zero-order chi connectivity index (χ0) is 11.5. The van der Waals surface area contributed by atoms with E-state index in [1.165, 1.54) is 4.68 Å². The molecule has 15 heavy (non-hydrogen) atoms. The molecule has 1 aromatic heterocycles. The second-order valence-corrected chi connectivity index (χ2v) is 3.86. The maximum Gasteiger partial charge on any atom is 0.393 e. The van der Waals surface area contributed by atoms with Crippen molar-refractivity contribution in [1.29, 1.82) is 0 Å². The zero-order valence-corrected chi connectivity index (χ0v) is 8.72. The van der Waals surface area contributed by atoms with Crippen LogP contribution in [0.15, 0.2) is 5.16 Å². The lowest BCUT2D eigenvalue weighted by Gasteiger charge is -2.16. The van der Waals surface area contributed by atoms with Gasteiger partial charge in [0.05, 0.1) is 5.92 Å². The molecule has 0 aliphatic heterocycles. The number of halogens is 3. The number of hydrogen-bond donors (Lipinski definition) is 1. The Labute approximate surface area is 88.2 Å². The van der Waals surface area contributed by atoms with Gasteiger partial charge in [-0.3, -0.25) is 0 Å². The van der Waals surface area contributed by atoms with Crippen molar-refractivity contribution >= 4 is 11.8 Å². The van der Waals surface area contributed by atoms with Crippen LogP contribution in [0, 0.1) is 5.92 Å². The van der Waals surface area contributed by atoms with Crippen LogP contribution in [0.25, 0.3) is 0 Å². The van der Waals surface area contributed by atoms with E-state index in [2.05, 4.69) is 15.5 Å². The number of alkyl halides is 3. The van der Waals surface area contributed by atoms with Gasteiger partial charge in [0.1, 0.15) is 0 Å². The van der Waals surface area contributed by atoms with Crippen molar-refractivity contribution in [1.82, 2.24) is 20.2 Å². The predicted octanol–water partition coefficient (Wildman–Crippen LogP) is 0.439. The number of rotatable bonds is 4. The fourth-order valence-corrected chi connectivity index (χ4v) is 1.81. The summed E-state index contributed by atoms with van der Waals surface area (Å²) in [6, 6.07) is 0. The number of aromatic nitrogens is 4. The lowest BCUT2D eigenvalue weighted by molar-refractivity contribution is -0.165. The van der Waals surface area contributed by atoms with E-state index in [-0.39, 0.29) is 5.75 Å². The van der Waals surface area contributed by atoms with Gasteiger partial charge in [0.15, 0.2) is 0 Å². The van der Waals surface area contributed by atoms with Gasteiger partial charge in [-0.05, 0) is 10.4 Å². The van der Waals surface area contributed by atoms with E-state index in [0.717, 1.165) is 11.8 Å². The largest absolute Gasteiger partial charge is 0.393 e. The Kier molecular flexibility index (Phi) is 3.91. The molecule has 5 nitrogen and oxygen atoms in total. The third-order valence-corrected chi connectivity index (χ3v) is 2.92. The van der Waals surface area contributed by atoms with Crippen molar-refractivity contribution in [3.63, 3.8) is 0 Å². The van der Waals surface area contributed by atoms with E-state index in [4.69, 9.17) is 5.73 Å². The molecule has 0 spiro atoms. The van der Waals surface area contributed by atoms with Crippen LogP contribution in [0.4, 0.5) is 13.2 Å². The summed E-state index contributed by atoms with van der Waals surface area (Å²) in [7, 11) is 1.56. The van der Waals surface area contributed by atoms with Crippen molar-refractivity contribution < 1.29 is 13.2 Å². The van der Waals surface area contributed by atoms with Crippen molar-refractivity contribution in [3.8, 4) is 0 Å². The van der Waals surface area contributed by atoms with Crippen LogP contribution < -0.4 is 5.73 Å². The second-order valence-electron chi connectivity index (χ2n) is 2.87. The van der Waals surface area contributed by atoms with E-state index in [9.17, 15) is 13.2 Å². The highest BCUT2D eigenvalue weighted by molar-refractivity contribution is 7.99. The van der Waals surface area contributed by atoms with Gasteiger partial charge in [-0.1, -0.05) is 11.8 Å². The number of hydrogen-bond acceptors (Lipinski definition) is 5.